The molecule has 3 heterocycles. The number of rotatable bonds is 5. The summed E-state index contributed by atoms with van der Waals surface area (Å²) >= 11 is 12.2. The van der Waals surface area contributed by atoms with Gasteiger partial charge in [-0.1, -0.05) is 29.6 Å². The zero-order valence-electron chi connectivity index (χ0n) is 19.6. The number of hydrogen-bond acceptors (Lipinski definition) is 6. The van der Waals surface area contributed by atoms with E-state index in [1.165, 1.54) is 19.3 Å². The summed E-state index contributed by atoms with van der Waals surface area (Å²) in [5.41, 5.74) is 2.18. The lowest BCUT2D eigenvalue weighted by Gasteiger charge is -2.43. The lowest BCUT2D eigenvalue weighted by atomic mass is 9.91. The van der Waals surface area contributed by atoms with Crippen molar-refractivity contribution in [2.24, 2.45) is 0 Å². The molecule has 1 atom stereocenters. The van der Waals surface area contributed by atoms with Crippen LogP contribution in [0.1, 0.15) is 37.4 Å². The number of hydrogen-bond donors (Lipinski definition) is 0. The number of carbonyl (C=O) groups is 1. The molecule has 0 N–H and O–H groups in total. The Kier molecular flexibility index (Phi) is 7.14. The van der Waals surface area contributed by atoms with Crippen LogP contribution in [0.2, 0.25) is 10.0 Å². The fourth-order valence-electron chi connectivity index (χ4n) is 4.95. The van der Waals surface area contributed by atoms with E-state index in [0.29, 0.717) is 35.3 Å². The topological polar surface area (TPSA) is 61.8 Å². The molecule has 1 aromatic heterocycles. The van der Waals surface area contributed by atoms with Gasteiger partial charge in [0, 0.05) is 63.0 Å². The van der Waals surface area contributed by atoms with Gasteiger partial charge in [-0.15, -0.1) is 0 Å². The van der Waals surface area contributed by atoms with Gasteiger partial charge in [-0.3, -0.25) is 9.69 Å². The summed E-state index contributed by atoms with van der Waals surface area (Å²) in [4.78, 5) is 29.5. The molecule has 34 heavy (non-hydrogen) atoms. The van der Waals surface area contributed by atoms with Crippen molar-refractivity contribution in [2.75, 3.05) is 44.2 Å². The molecule has 0 bridgehead atoms. The van der Waals surface area contributed by atoms with Crippen molar-refractivity contribution in [1.29, 1.82) is 0 Å². The van der Waals surface area contributed by atoms with Crippen molar-refractivity contribution in [2.45, 2.75) is 51.2 Å². The molecular weight excluding hydrogens is 473 g/mol. The fourth-order valence-corrected chi connectivity index (χ4v) is 5.40. The molecule has 7 nitrogen and oxygen atoms in total. The van der Waals surface area contributed by atoms with Gasteiger partial charge in [-0.2, -0.15) is 0 Å². The Balaban J connectivity index is 1.19. The second kappa shape index (κ2) is 10.3. The lowest BCUT2D eigenvalue weighted by molar-refractivity contribution is -0.137. The van der Waals surface area contributed by atoms with Crippen LogP contribution in [0, 0.1) is 0 Å². The number of piperazine rings is 1. The Labute approximate surface area is 211 Å². The Hall–Kier alpha value is -2.09. The predicted molar refractivity (Wildman–Crippen MR) is 134 cm³/mol. The average molecular weight is 504 g/mol. The second-order valence-corrected chi connectivity index (χ2v) is 10.3. The van der Waals surface area contributed by atoms with E-state index in [0.717, 1.165) is 55.8 Å². The number of fused-ring (bicyclic) bond motifs is 1. The summed E-state index contributed by atoms with van der Waals surface area (Å²) in [6.07, 6.45) is 6.84. The minimum Gasteiger partial charge on any atom is -0.479 e. The third-order valence-electron chi connectivity index (χ3n) is 7.26. The molecule has 1 aliphatic carbocycles. The summed E-state index contributed by atoms with van der Waals surface area (Å²) in [7, 11) is 0. The van der Waals surface area contributed by atoms with E-state index in [1.807, 2.05) is 11.1 Å². The number of amides is 1. The van der Waals surface area contributed by atoms with Gasteiger partial charge in [0.05, 0.1) is 10.7 Å². The fraction of sp³-hybridized carbons (Fsp3) is 0.560. The quantitative estimate of drug-likeness (QED) is 0.617. The van der Waals surface area contributed by atoms with Gasteiger partial charge in [0.15, 0.2) is 6.10 Å². The van der Waals surface area contributed by atoms with Crippen LogP contribution < -0.4 is 9.64 Å². The largest absolute Gasteiger partial charge is 0.479 e. The van der Waals surface area contributed by atoms with Crippen LogP contribution >= 0.6 is 23.2 Å². The van der Waals surface area contributed by atoms with E-state index in [-0.39, 0.29) is 5.91 Å². The van der Waals surface area contributed by atoms with Crippen LogP contribution in [0.15, 0.2) is 24.4 Å². The van der Waals surface area contributed by atoms with E-state index in [2.05, 4.69) is 14.8 Å². The van der Waals surface area contributed by atoms with Crippen molar-refractivity contribution < 1.29 is 9.53 Å². The van der Waals surface area contributed by atoms with Gasteiger partial charge in [-0.25, -0.2) is 9.97 Å². The lowest BCUT2D eigenvalue weighted by Crippen LogP contribution is -2.52. The molecule has 3 aliphatic rings. The maximum atomic E-state index is 13.1. The standard InChI is InChI=1S/C25H31Cl2N5O2/c1-17(34-23-6-5-19(26)15-21(23)27)24(33)31-9-7-18-16-28-25(29-22(18)8-10-31)32-13-11-30(12-14-32)20-3-2-4-20/h5-6,15-17,20H,2-4,7-14H2,1H3. The third kappa shape index (κ3) is 5.11. The van der Waals surface area contributed by atoms with Gasteiger partial charge >= 0.3 is 0 Å². The summed E-state index contributed by atoms with van der Waals surface area (Å²) in [6, 6.07) is 5.80. The van der Waals surface area contributed by atoms with Crippen molar-refractivity contribution in [3.63, 3.8) is 0 Å². The summed E-state index contributed by atoms with van der Waals surface area (Å²) in [6.45, 7) is 7.11. The van der Waals surface area contributed by atoms with Crippen LogP contribution in [0.3, 0.4) is 0 Å². The zero-order chi connectivity index (χ0) is 23.7. The highest BCUT2D eigenvalue weighted by Crippen LogP contribution is 2.29. The highest BCUT2D eigenvalue weighted by molar-refractivity contribution is 6.35. The smallest absolute Gasteiger partial charge is 0.263 e. The summed E-state index contributed by atoms with van der Waals surface area (Å²) in [5, 5.41) is 0.925. The highest BCUT2D eigenvalue weighted by atomic mass is 35.5. The van der Waals surface area contributed by atoms with Crippen LogP contribution in [0.25, 0.3) is 0 Å². The average Bonchev–Trinajstić information content (AvgIpc) is 3.02. The molecule has 1 saturated carbocycles. The van der Waals surface area contributed by atoms with E-state index < -0.39 is 6.10 Å². The summed E-state index contributed by atoms with van der Waals surface area (Å²) < 4.78 is 5.85. The monoisotopic (exact) mass is 503 g/mol. The normalized spacial score (nSPS) is 20.3. The third-order valence-corrected chi connectivity index (χ3v) is 7.79. The number of nitrogens with zero attached hydrogens (tertiary/aromatic N) is 5. The maximum Gasteiger partial charge on any atom is 0.263 e. The first kappa shape index (κ1) is 23.6. The number of anilines is 1. The maximum absolute atomic E-state index is 13.1. The number of benzene rings is 1. The molecule has 0 spiro atoms. The number of aromatic nitrogens is 2. The Bertz CT molecular complexity index is 1040. The van der Waals surface area contributed by atoms with Crippen LogP contribution in [-0.2, 0) is 17.6 Å². The highest BCUT2D eigenvalue weighted by Gasteiger charge is 2.29. The molecule has 1 aromatic carbocycles. The molecule has 1 amide bonds. The molecular formula is C25H31Cl2N5O2. The van der Waals surface area contributed by atoms with Gasteiger partial charge in [-0.05, 0) is 49.9 Å². The molecule has 1 saturated heterocycles. The van der Waals surface area contributed by atoms with Crippen molar-refractivity contribution in [3.8, 4) is 5.75 Å². The van der Waals surface area contributed by atoms with Crippen molar-refractivity contribution in [1.82, 2.24) is 19.8 Å². The molecule has 1 unspecified atom stereocenters. The number of ether oxygens (including phenoxy) is 1. The molecule has 5 rings (SSSR count). The van der Waals surface area contributed by atoms with Crippen molar-refractivity contribution in [3.05, 3.63) is 45.7 Å². The van der Waals surface area contributed by atoms with E-state index in [1.54, 1.807) is 25.1 Å². The van der Waals surface area contributed by atoms with Crippen LogP contribution in [0.5, 0.6) is 5.75 Å². The number of halogens is 2. The summed E-state index contributed by atoms with van der Waals surface area (Å²) in [5.74, 6) is 1.22. The van der Waals surface area contributed by atoms with Gasteiger partial charge < -0.3 is 14.5 Å². The van der Waals surface area contributed by atoms with Crippen LogP contribution in [0.4, 0.5) is 5.95 Å². The van der Waals surface area contributed by atoms with Crippen LogP contribution in [-0.4, -0.2) is 77.1 Å². The first-order valence-corrected chi connectivity index (χ1v) is 13.0. The van der Waals surface area contributed by atoms with Gasteiger partial charge in [0.25, 0.3) is 5.91 Å². The first-order chi connectivity index (χ1) is 16.5. The minimum absolute atomic E-state index is 0.0564. The molecule has 2 fully saturated rings. The Morgan fingerprint density at radius 1 is 1.09 bits per heavy atom. The number of carbonyl (C=O) groups excluding carboxylic acids is 1. The molecule has 9 heteroatoms. The first-order valence-electron chi connectivity index (χ1n) is 12.2. The predicted octanol–water partition coefficient (Wildman–Crippen LogP) is 3.85. The van der Waals surface area contributed by atoms with E-state index >= 15 is 0 Å². The van der Waals surface area contributed by atoms with Gasteiger partial charge in [0.1, 0.15) is 5.75 Å². The molecule has 182 valence electrons. The molecule has 2 aliphatic heterocycles. The van der Waals surface area contributed by atoms with E-state index in [4.69, 9.17) is 32.9 Å². The zero-order valence-corrected chi connectivity index (χ0v) is 21.1. The van der Waals surface area contributed by atoms with Crippen molar-refractivity contribution >= 4 is 35.1 Å². The molecule has 0 radical (unpaired) electrons. The van der Waals surface area contributed by atoms with Gasteiger partial charge in [0.2, 0.25) is 5.95 Å². The van der Waals surface area contributed by atoms with E-state index in [9.17, 15) is 4.79 Å². The Morgan fingerprint density at radius 2 is 1.85 bits per heavy atom. The second-order valence-electron chi connectivity index (χ2n) is 9.41. The Morgan fingerprint density at radius 3 is 2.56 bits per heavy atom. The molecule has 2 aromatic rings. The SMILES string of the molecule is CC(Oc1ccc(Cl)cc1Cl)C(=O)N1CCc2cnc(N3CCN(C4CCC4)CC3)nc2CC1. The minimum atomic E-state index is -0.645.